The van der Waals surface area contributed by atoms with E-state index in [1.54, 1.807) is 17.1 Å². The third-order valence-corrected chi connectivity index (χ3v) is 3.11. The van der Waals surface area contributed by atoms with Gasteiger partial charge in [-0.05, 0) is 6.42 Å². The standard InChI is InChI=1S/C9H7N3OS/c13-8-2-1-7-6(8)5-11-12(7)9-10-3-4-14-9/h3-5H,1-2H2. The van der Waals surface area contributed by atoms with E-state index in [0.717, 1.165) is 22.8 Å². The zero-order valence-corrected chi connectivity index (χ0v) is 8.12. The molecule has 0 aliphatic heterocycles. The molecule has 3 rings (SSSR count). The van der Waals surface area contributed by atoms with E-state index < -0.39 is 0 Å². The number of carbonyl (C=O) groups is 1. The molecule has 1 aliphatic rings. The molecule has 70 valence electrons. The highest BCUT2D eigenvalue weighted by molar-refractivity contribution is 7.12. The molecule has 4 nitrogen and oxygen atoms in total. The summed E-state index contributed by atoms with van der Waals surface area (Å²) in [5.41, 5.74) is 1.77. The largest absolute Gasteiger partial charge is 0.294 e. The predicted molar refractivity (Wildman–Crippen MR) is 51.9 cm³/mol. The molecule has 0 saturated heterocycles. The topological polar surface area (TPSA) is 47.8 Å². The van der Waals surface area contributed by atoms with Crippen molar-refractivity contribution in [2.75, 3.05) is 0 Å². The number of aromatic nitrogens is 3. The first-order valence-electron chi connectivity index (χ1n) is 4.36. The van der Waals surface area contributed by atoms with Gasteiger partial charge in [0, 0.05) is 18.0 Å². The minimum absolute atomic E-state index is 0.197. The average molecular weight is 205 g/mol. The first-order chi connectivity index (χ1) is 6.86. The van der Waals surface area contributed by atoms with Crippen LogP contribution in [0.1, 0.15) is 22.5 Å². The van der Waals surface area contributed by atoms with Gasteiger partial charge in [-0.15, -0.1) is 11.3 Å². The van der Waals surface area contributed by atoms with Crippen molar-refractivity contribution in [1.29, 1.82) is 0 Å². The van der Waals surface area contributed by atoms with E-state index in [2.05, 4.69) is 10.1 Å². The van der Waals surface area contributed by atoms with Gasteiger partial charge in [0.15, 0.2) is 5.78 Å². The fourth-order valence-corrected chi connectivity index (χ4v) is 2.32. The van der Waals surface area contributed by atoms with Gasteiger partial charge in [-0.3, -0.25) is 4.79 Å². The summed E-state index contributed by atoms with van der Waals surface area (Å²) in [6, 6.07) is 0. The van der Waals surface area contributed by atoms with Gasteiger partial charge in [0.25, 0.3) is 0 Å². The maximum Gasteiger partial charge on any atom is 0.210 e. The van der Waals surface area contributed by atoms with E-state index >= 15 is 0 Å². The molecule has 0 unspecified atom stereocenters. The van der Waals surface area contributed by atoms with Gasteiger partial charge in [0.2, 0.25) is 5.13 Å². The van der Waals surface area contributed by atoms with Crippen molar-refractivity contribution in [2.45, 2.75) is 12.8 Å². The van der Waals surface area contributed by atoms with E-state index in [-0.39, 0.29) is 5.78 Å². The third-order valence-electron chi connectivity index (χ3n) is 2.36. The molecule has 0 saturated carbocycles. The number of ketones is 1. The van der Waals surface area contributed by atoms with Gasteiger partial charge < -0.3 is 0 Å². The molecule has 5 heteroatoms. The van der Waals surface area contributed by atoms with Crippen LogP contribution in [0.3, 0.4) is 0 Å². The van der Waals surface area contributed by atoms with E-state index in [4.69, 9.17) is 0 Å². The Morgan fingerprint density at radius 3 is 3.14 bits per heavy atom. The number of hydrogen-bond donors (Lipinski definition) is 0. The Morgan fingerprint density at radius 1 is 1.43 bits per heavy atom. The normalized spacial score (nSPS) is 14.7. The number of Topliss-reactive ketones (excluding diaryl/α,β-unsaturated/α-hetero) is 1. The minimum atomic E-state index is 0.197. The molecule has 0 radical (unpaired) electrons. The van der Waals surface area contributed by atoms with Gasteiger partial charge in [-0.2, -0.15) is 5.10 Å². The van der Waals surface area contributed by atoms with Gasteiger partial charge in [0.1, 0.15) is 0 Å². The van der Waals surface area contributed by atoms with Gasteiger partial charge >= 0.3 is 0 Å². The first-order valence-corrected chi connectivity index (χ1v) is 5.24. The molecule has 2 aromatic rings. The fraction of sp³-hybridized carbons (Fsp3) is 0.222. The lowest BCUT2D eigenvalue weighted by atomic mass is 10.3. The molecule has 0 amide bonds. The Kier molecular flexibility index (Phi) is 1.55. The van der Waals surface area contributed by atoms with Crippen LogP contribution in [0.5, 0.6) is 0 Å². The van der Waals surface area contributed by atoms with Crippen LogP contribution in [0, 0.1) is 0 Å². The van der Waals surface area contributed by atoms with E-state index in [1.807, 2.05) is 5.38 Å². The molecule has 0 bridgehead atoms. The second-order valence-corrected chi connectivity index (χ2v) is 4.03. The highest BCUT2D eigenvalue weighted by Gasteiger charge is 2.25. The number of hydrogen-bond acceptors (Lipinski definition) is 4. The molecular formula is C9H7N3OS. The summed E-state index contributed by atoms with van der Waals surface area (Å²) in [4.78, 5) is 15.5. The van der Waals surface area contributed by atoms with Gasteiger partial charge in [0.05, 0.1) is 17.5 Å². The summed E-state index contributed by atoms with van der Waals surface area (Å²) < 4.78 is 1.77. The van der Waals surface area contributed by atoms with Crippen LogP contribution in [0.15, 0.2) is 17.8 Å². The number of fused-ring (bicyclic) bond motifs is 1. The maximum absolute atomic E-state index is 11.4. The number of nitrogens with zero attached hydrogens (tertiary/aromatic N) is 3. The number of carbonyl (C=O) groups excluding carboxylic acids is 1. The summed E-state index contributed by atoms with van der Waals surface area (Å²) >= 11 is 1.53. The molecule has 0 aromatic carbocycles. The summed E-state index contributed by atoms with van der Waals surface area (Å²) in [6.45, 7) is 0. The summed E-state index contributed by atoms with van der Waals surface area (Å²) in [6.07, 6.45) is 4.78. The molecular weight excluding hydrogens is 198 g/mol. The maximum atomic E-state index is 11.4. The Labute approximate surface area is 84.2 Å². The van der Waals surface area contributed by atoms with Crippen LogP contribution < -0.4 is 0 Å². The molecule has 1 aliphatic carbocycles. The molecule has 0 fully saturated rings. The molecule has 0 spiro atoms. The molecule has 0 atom stereocenters. The molecule has 2 aromatic heterocycles. The van der Waals surface area contributed by atoms with Crippen molar-refractivity contribution in [3.05, 3.63) is 29.0 Å². The van der Waals surface area contributed by atoms with Crippen LogP contribution in [-0.2, 0) is 6.42 Å². The Hall–Kier alpha value is -1.49. The third kappa shape index (κ3) is 0.957. The lowest BCUT2D eigenvalue weighted by molar-refractivity contribution is 0.0994. The Balaban J connectivity index is 2.18. The average Bonchev–Trinajstić information content (AvgIpc) is 2.84. The van der Waals surface area contributed by atoms with Crippen LogP contribution in [0.2, 0.25) is 0 Å². The monoisotopic (exact) mass is 205 g/mol. The van der Waals surface area contributed by atoms with E-state index in [1.165, 1.54) is 11.3 Å². The van der Waals surface area contributed by atoms with Gasteiger partial charge in [-0.1, -0.05) is 0 Å². The van der Waals surface area contributed by atoms with Crippen molar-refractivity contribution in [1.82, 2.24) is 14.8 Å². The van der Waals surface area contributed by atoms with Crippen molar-refractivity contribution in [3.8, 4) is 5.13 Å². The summed E-state index contributed by atoms with van der Waals surface area (Å²) in [7, 11) is 0. The van der Waals surface area contributed by atoms with Crippen molar-refractivity contribution in [2.24, 2.45) is 0 Å². The fourth-order valence-electron chi connectivity index (χ4n) is 1.70. The van der Waals surface area contributed by atoms with Crippen LogP contribution >= 0.6 is 11.3 Å². The zero-order valence-electron chi connectivity index (χ0n) is 7.30. The van der Waals surface area contributed by atoms with Gasteiger partial charge in [-0.25, -0.2) is 9.67 Å². The van der Waals surface area contributed by atoms with E-state index in [0.29, 0.717) is 6.42 Å². The number of thiazole rings is 1. The van der Waals surface area contributed by atoms with Crippen LogP contribution in [0.25, 0.3) is 5.13 Å². The van der Waals surface area contributed by atoms with Crippen LogP contribution in [-0.4, -0.2) is 20.5 Å². The van der Waals surface area contributed by atoms with Crippen LogP contribution in [0.4, 0.5) is 0 Å². The molecule has 0 N–H and O–H groups in total. The Morgan fingerprint density at radius 2 is 2.36 bits per heavy atom. The SMILES string of the molecule is O=C1CCc2c1cnn2-c1nccs1. The second kappa shape index (κ2) is 2.75. The van der Waals surface area contributed by atoms with Crippen molar-refractivity contribution >= 4 is 17.1 Å². The Bertz CT molecular complexity index is 486. The molecule has 14 heavy (non-hydrogen) atoms. The highest BCUT2D eigenvalue weighted by atomic mass is 32.1. The minimum Gasteiger partial charge on any atom is -0.294 e. The highest BCUT2D eigenvalue weighted by Crippen LogP contribution is 2.24. The lowest BCUT2D eigenvalue weighted by Gasteiger charge is -1.98. The predicted octanol–water partition coefficient (Wildman–Crippen LogP) is 1.46. The quantitative estimate of drug-likeness (QED) is 0.708. The molecule has 2 heterocycles. The summed E-state index contributed by atoms with van der Waals surface area (Å²) in [5.74, 6) is 0.197. The first kappa shape index (κ1) is 7.87. The van der Waals surface area contributed by atoms with Crippen molar-refractivity contribution < 1.29 is 4.79 Å². The van der Waals surface area contributed by atoms with Crippen molar-refractivity contribution in [3.63, 3.8) is 0 Å². The zero-order chi connectivity index (χ0) is 9.54. The number of rotatable bonds is 1. The lowest BCUT2D eigenvalue weighted by Crippen LogP contribution is -1.99. The second-order valence-electron chi connectivity index (χ2n) is 3.15. The summed E-state index contributed by atoms with van der Waals surface area (Å²) in [5, 5.41) is 6.91. The van der Waals surface area contributed by atoms with E-state index in [9.17, 15) is 4.79 Å². The smallest absolute Gasteiger partial charge is 0.210 e.